The van der Waals surface area contributed by atoms with E-state index in [1.54, 1.807) is 14.2 Å². The molecule has 0 heterocycles. The summed E-state index contributed by atoms with van der Waals surface area (Å²) in [6, 6.07) is 11.2. The minimum Gasteiger partial charge on any atom is -0.497 e. The van der Waals surface area contributed by atoms with Gasteiger partial charge in [-0.25, -0.2) is 0 Å². The van der Waals surface area contributed by atoms with Crippen molar-refractivity contribution in [3.05, 3.63) is 53.1 Å². The Kier molecular flexibility index (Phi) is 7.11. The first-order chi connectivity index (χ1) is 12.8. The van der Waals surface area contributed by atoms with Crippen LogP contribution in [0, 0.1) is 6.92 Å². The molecule has 2 aromatic carbocycles. The number of carbonyl (C=O) groups excluding carboxylic acids is 1. The number of hydrogen-bond donors (Lipinski definition) is 1. The molecule has 1 atom stereocenters. The molecule has 2 rings (SSSR count). The fourth-order valence-electron chi connectivity index (χ4n) is 3.07. The van der Waals surface area contributed by atoms with Crippen LogP contribution in [0.15, 0.2) is 36.4 Å². The number of hydrogen-bond acceptors (Lipinski definition) is 4. The topological polar surface area (TPSA) is 56.8 Å². The fraction of sp³-hybridized carbons (Fsp3) is 0.409. The molecule has 0 radical (unpaired) electrons. The molecular formula is C22H29NO4. The van der Waals surface area contributed by atoms with Gasteiger partial charge in [0, 0.05) is 5.56 Å². The predicted molar refractivity (Wildman–Crippen MR) is 107 cm³/mol. The first-order valence-electron chi connectivity index (χ1n) is 9.10. The Labute approximate surface area is 161 Å². The van der Waals surface area contributed by atoms with Crippen LogP contribution in [-0.2, 0) is 4.79 Å². The number of nitrogens with one attached hydrogen (secondary N) is 1. The Morgan fingerprint density at radius 3 is 2.26 bits per heavy atom. The summed E-state index contributed by atoms with van der Waals surface area (Å²) in [6.45, 7) is 8.22. The van der Waals surface area contributed by atoms with Gasteiger partial charge in [0.2, 0.25) is 0 Å². The van der Waals surface area contributed by atoms with E-state index >= 15 is 0 Å². The first-order valence-corrected chi connectivity index (χ1v) is 9.10. The quantitative estimate of drug-likeness (QED) is 0.748. The molecule has 0 spiro atoms. The Hall–Kier alpha value is -2.69. The van der Waals surface area contributed by atoms with E-state index in [9.17, 15) is 4.79 Å². The lowest BCUT2D eigenvalue weighted by atomic mass is 9.98. The second kappa shape index (κ2) is 9.31. The van der Waals surface area contributed by atoms with E-state index in [0.29, 0.717) is 23.2 Å². The van der Waals surface area contributed by atoms with E-state index in [2.05, 4.69) is 32.2 Å². The largest absolute Gasteiger partial charge is 0.497 e. The van der Waals surface area contributed by atoms with Gasteiger partial charge in [0.25, 0.3) is 5.91 Å². The molecule has 0 aliphatic rings. The lowest BCUT2D eigenvalue weighted by molar-refractivity contribution is -0.123. The van der Waals surface area contributed by atoms with Gasteiger partial charge >= 0.3 is 0 Å². The lowest BCUT2D eigenvalue weighted by Crippen LogP contribution is -2.31. The van der Waals surface area contributed by atoms with Crippen molar-refractivity contribution >= 4 is 5.91 Å². The van der Waals surface area contributed by atoms with Gasteiger partial charge in [-0.05, 0) is 61.2 Å². The molecule has 1 amide bonds. The van der Waals surface area contributed by atoms with Crippen LogP contribution in [0.4, 0.5) is 0 Å². The Morgan fingerprint density at radius 2 is 1.67 bits per heavy atom. The van der Waals surface area contributed by atoms with Gasteiger partial charge in [-0.3, -0.25) is 4.79 Å². The van der Waals surface area contributed by atoms with Crippen molar-refractivity contribution in [1.29, 1.82) is 0 Å². The second-order valence-corrected chi connectivity index (χ2v) is 6.86. The van der Waals surface area contributed by atoms with Crippen LogP contribution < -0.4 is 19.5 Å². The number of methoxy groups -OCH3 is 2. The summed E-state index contributed by atoms with van der Waals surface area (Å²) in [5.41, 5.74) is 3.30. The average molecular weight is 371 g/mol. The molecule has 0 aromatic heterocycles. The second-order valence-electron chi connectivity index (χ2n) is 6.86. The highest BCUT2D eigenvalue weighted by Crippen LogP contribution is 2.29. The number of aryl methyl sites for hydroxylation is 1. The summed E-state index contributed by atoms with van der Waals surface area (Å²) in [7, 11) is 3.21. The zero-order valence-electron chi connectivity index (χ0n) is 17.0. The van der Waals surface area contributed by atoms with Crippen molar-refractivity contribution in [2.45, 2.75) is 39.7 Å². The van der Waals surface area contributed by atoms with Gasteiger partial charge in [-0.1, -0.05) is 19.9 Å². The number of rotatable bonds is 8. The van der Waals surface area contributed by atoms with Crippen molar-refractivity contribution in [3.8, 4) is 17.2 Å². The van der Waals surface area contributed by atoms with Crippen LogP contribution in [0.3, 0.4) is 0 Å². The molecule has 5 heteroatoms. The fourth-order valence-corrected chi connectivity index (χ4v) is 3.07. The van der Waals surface area contributed by atoms with Crippen molar-refractivity contribution in [1.82, 2.24) is 5.32 Å². The molecule has 0 fully saturated rings. The van der Waals surface area contributed by atoms with Crippen molar-refractivity contribution in [2.75, 3.05) is 20.8 Å². The minimum absolute atomic E-state index is 0.0446. The van der Waals surface area contributed by atoms with Crippen LogP contribution >= 0.6 is 0 Å². The molecule has 0 aliphatic heterocycles. The maximum absolute atomic E-state index is 12.3. The summed E-state index contributed by atoms with van der Waals surface area (Å²) < 4.78 is 16.3. The van der Waals surface area contributed by atoms with Gasteiger partial charge in [-0.15, -0.1) is 0 Å². The molecule has 2 aromatic rings. The molecule has 0 saturated heterocycles. The summed E-state index contributed by atoms with van der Waals surface area (Å²) >= 11 is 0. The molecule has 0 saturated carbocycles. The van der Waals surface area contributed by atoms with Crippen LogP contribution in [0.5, 0.6) is 17.2 Å². The molecule has 0 bridgehead atoms. The van der Waals surface area contributed by atoms with Crippen LogP contribution in [0.25, 0.3) is 0 Å². The highest BCUT2D eigenvalue weighted by molar-refractivity contribution is 5.78. The van der Waals surface area contributed by atoms with E-state index in [1.165, 1.54) is 5.56 Å². The van der Waals surface area contributed by atoms with Crippen LogP contribution in [0.1, 0.15) is 49.4 Å². The predicted octanol–water partition coefficient (Wildman–Crippen LogP) is 4.39. The number of benzene rings is 2. The molecule has 5 nitrogen and oxygen atoms in total. The van der Waals surface area contributed by atoms with E-state index < -0.39 is 0 Å². The lowest BCUT2D eigenvalue weighted by Gasteiger charge is -2.18. The molecular weight excluding hydrogens is 342 g/mol. The van der Waals surface area contributed by atoms with E-state index in [-0.39, 0.29) is 18.6 Å². The van der Waals surface area contributed by atoms with Crippen LogP contribution in [0.2, 0.25) is 0 Å². The summed E-state index contributed by atoms with van der Waals surface area (Å²) in [5, 5.41) is 2.94. The SMILES string of the molecule is COc1ccc(OC)c([C@H](C)NC(=O)COc2ccc(C(C)C)c(C)c2)c1. The monoisotopic (exact) mass is 371 g/mol. The highest BCUT2D eigenvalue weighted by atomic mass is 16.5. The molecule has 1 N–H and O–H groups in total. The number of carbonyl (C=O) groups is 1. The molecule has 0 aliphatic carbocycles. The van der Waals surface area contributed by atoms with E-state index in [1.807, 2.05) is 37.3 Å². The zero-order chi connectivity index (χ0) is 20.0. The first kappa shape index (κ1) is 20.6. The van der Waals surface area contributed by atoms with Gasteiger partial charge in [-0.2, -0.15) is 0 Å². The van der Waals surface area contributed by atoms with Gasteiger partial charge in [0.15, 0.2) is 6.61 Å². The Morgan fingerprint density at radius 1 is 0.963 bits per heavy atom. The highest BCUT2D eigenvalue weighted by Gasteiger charge is 2.16. The van der Waals surface area contributed by atoms with E-state index in [0.717, 1.165) is 11.1 Å². The summed E-state index contributed by atoms with van der Waals surface area (Å²) in [4.78, 5) is 12.3. The molecule has 146 valence electrons. The minimum atomic E-state index is -0.240. The van der Waals surface area contributed by atoms with Crippen LogP contribution in [-0.4, -0.2) is 26.7 Å². The molecule has 27 heavy (non-hydrogen) atoms. The Bertz CT molecular complexity index is 786. The van der Waals surface area contributed by atoms with Crippen molar-refractivity contribution < 1.29 is 19.0 Å². The Balaban J connectivity index is 1.98. The van der Waals surface area contributed by atoms with Crippen molar-refractivity contribution in [2.24, 2.45) is 0 Å². The standard InChI is InChI=1S/C22H29NO4/c1-14(2)19-9-7-18(11-15(19)3)27-13-22(24)23-16(4)20-12-17(25-5)8-10-21(20)26-6/h7-12,14,16H,13H2,1-6H3,(H,23,24)/t16-/m0/s1. The number of amides is 1. The van der Waals surface area contributed by atoms with Gasteiger partial charge in [0.05, 0.1) is 20.3 Å². The van der Waals surface area contributed by atoms with E-state index in [4.69, 9.17) is 14.2 Å². The third-order valence-corrected chi connectivity index (χ3v) is 4.51. The maximum atomic E-state index is 12.3. The van der Waals surface area contributed by atoms with Crippen molar-refractivity contribution in [3.63, 3.8) is 0 Å². The third-order valence-electron chi connectivity index (χ3n) is 4.51. The van der Waals surface area contributed by atoms with Gasteiger partial charge < -0.3 is 19.5 Å². The number of ether oxygens (including phenoxy) is 3. The normalized spacial score (nSPS) is 11.8. The zero-order valence-corrected chi connectivity index (χ0v) is 17.0. The average Bonchev–Trinajstić information content (AvgIpc) is 2.65. The maximum Gasteiger partial charge on any atom is 0.258 e. The summed E-state index contributed by atoms with van der Waals surface area (Å²) in [6.07, 6.45) is 0. The smallest absolute Gasteiger partial charge is 0.258 e. The molecule has 0 unspecified atom stereocenters. The summed E-state index contributed by atoms with van der Waals surface area (Å²) in [5.74, 6) is 2.37. The van der Waals surface area contributed by atoms with Gasteiger partial charge in [0.1, 0.15) is 17.2 Å². The third kappa shape index (κ3) is 5.39.